The number of amides is 1. The minimum absolute atomic E-state index is 0.280. The second kappa shape index (κ2) is 6.19. The monoisotopic (exact) mass is 327 g/mol. The molecule has 4 nitrogen and oxygen atoms in total. The Kier molecular flexibility index (Phi) is 5.11. The number of nitrogens with one attached hydrogen (secondary N) is 1. The molecule has 0 fully saturated rings. The molecular weight excluding hydrogens is 310 g/mol. The van der Waals surface area contributed by atoms with Gasteiger partial charge in [-0.15, -0.1) is 0 Å². The van der Waals surface area contributed by atoms with Crippen LogP contribution in [0.4, 0.5) is 0 Å². The van der Waals surface area contributed by atoms with E-state index in [1.54, 1.807) is 0 Å². The number of carbonyl (C=O) groups is 2. The van der Waals surface area contributed by atoms with Crippen molar-refractivity contribution in [3.8, 4) is 0 Å². The third-order valence-corrected chi connectivity index (χ3v) is 3.48. The zero-order valence-electron chi connectivity index (χ0n) is 11.5. The fourth-order valence-corrected chi connectivity index (χ4v) is 2.25. The fourth-order valence-electron chi connectivity index (χ4n) is 1.88. The van der Waals surface area contributed by atoms with Gasteiger partial charge in [-0.1, -0.05) is 35.8 Å². The number of aryl methyl sites for hydroxylation is 1. The maximum atomic E-state index is 11.4. The summed E-state index contributed by atoms with van der Waals surface area (Å²) in [6.07, 6.45) is 0. The summed E-state index contributed by atoms with van der Waals surface area (Å²) in [6.45, 7) is 6.41. The van der Waals surface area contributed by atoms with Crippen LogP contribution in [0, 0.1) is 6.92 Å². The largest absolute Gasteiger partial charge is 0.462 e. The first-order chi connectivity index (χ1) is 8.77. The third-order valence-electron chi connectivity index (χ3n) is 2.99. The van der Waals surface area contributed by atoms with Crippen LogP contribution >= 0.6 is 15.9 Å². The zero-order valence-corrected chi connectivity index (χ0v) is 13.1. The van der Waals surface area contributed by atoms with Crippen molar-refractivity contribution in [1.82, 2.24) is 5.32 Å². The molecule has 1 amide bonds. The molecule has 0 heterocycles. The van der Waals surface area contributed by atoms with E-state index in [9.17, 15) is 9.59 Å². The van der Waals surface area contributed by atoms with Crippen LogP contribution in [0.15, 0.2) is 22.7 Å². The minimum atomic E-state index is -0.873. The molecule has 1 aromatic carbocycles. The number of carbonyl (C=O) groups excluding carboxylic acids is 2. The molecule has 0 aromatic heterocycles. The first-order valence-electron chi connectivity index (χ1n) is 5.90. The highest BCUT2D eigenvalue weighted by Crippen LogP contribution is 2.28. The van der Waals surface area contributed by atoms with Gasteiger partial charge >= 0.3 is 11.9 Å². The summed E-state index contributed by atoms with van der Waals surface area (Å²) in [5.41, 5.74) is 1.98. The van der Waals surface area contributed by atoms with Gasteiger partial charge in [-0.2, -0.15) is 0 Å². The van der Waals surface area contributed by atoms with Gasteiger partial charge in [0.1, 0.15) is 0 Å². The highest BCUT2D eigenvalue weighted by molar-refractivity contribution is 9.10. The summed E-state index contributed by atoms with van der Waals surface area (Å²) >= 11 is 3.44. The van der Waals surface area contributed by atoms with Crippen LogP contribution in [0.5, 0.6) is 0 Å². The Morgan fingerprint density at radius 2 is 2.00 bits per heavy atom. The number of hydrogen-bond acceptors (Lipinski definition) is 3. The number of esters is 1. The van der Waals surface area contributed by atoms with Gasteiger partial charge in [0.25, 0.3) is 0 Å². The standard InChI is InChI=1S/C14H18BrNO3/c1-9-5-6-10(15)7-11(9)14(2,3)8-16-12(17)13(18)19-4/h5-7H,8H2,1-4H3,(H,16,17). The highest BCUT2D eigenvalue weighted by Gasteiger charge is 2.25. The quantitative estimate of drug-likeness (QED) is 0.684. The third kappa shape index (κ3) is 4.06. The normalized spacial score (nSPS) is 11.0. The van der Waals surface area contributed by atoms with E-state index in [-0.39, 0.29) is 5.41 Å². The molecule has 5 heteroatoms. The first kappa shape index (κ1) is 15.7. The van der Waals surface area contributed by atoms with E-state index in [1.807, 2.05) is 39.0 Å². The Morgan fingerprint density at radius 1 is 1.37 bits per heavy atom. The number of halogens is 1. The van der Waals surface area contributed by atoms with Crippen LogP contribution in [0.1, 0.15) is 25.0 Å². The summed E-state index contributed by atoms with van der Waals surface area (Å²) in [5.74, 6) is -1.59. The average Bonchev–Trinajstić information content (AvgIpc) is 2.37. The zero-order chi connectivity index (χ0) is 14.6. The molecule has 0 aliphatic carbocycles. The van der Waals surface area contributed by atoms with Crippen LogP contribution in [0.3, 0.4) is 0 Å². The lowest BCUT2D eigenvalue weighted by Crippen LogP contribution is -2.40. The molecule has 19 heavy (non-hydrogen) atoms. The Morgan fingerprint density at radius 3 is 2.58 bits per heavy atom. The van der Waals surface area contributed by atoms with Crippen LogP contribution in [0.2, 0.25) is 0 Å². The molecule has 0 aliphatic heterocycles. The number of rotatable bonds is 3. The number of methoxy groups -OCH3 is 1. The predicted molar refractivity (Wildman–Crippen MR) is 76.9 cm³/mol. The second-order valence-corrected chi connectivity index (χ2v) is 5.93. The fraction of sp³-hybridized carbons (Fsp3) is 0.429. The second-order valence-electron chi connectivity index (χ2n) is 5.02. The minimum Gasteiger partial charge on any atom is -0.462 e. The van der Waals surface area contributed by atoms with Crippen molar-refractivity contribution in [1.29, 1.82) is 0 Å². The molecule has 0 saturated carbocycles. The molecular formula is C14H18BrNO3. The van der Waals surface area contributed by atoms with Crippen LogP contribution < -0.4 is 5.32 Å². The Bertz CT molecular complexity index is 497. The lowest BCUT2D eigenvalue weighted by Gasteiger charge is -2.27. The smallest absolute Gasteiger partial charge is 0.396 e. The molecule has 0 unspecified atom stereocenters. The molecule has 0 spiro atoms. The molecule has 0 radical (unpaired) electrons. The van der Waals surface area contributed by atoms with E-state index in [0.717, 1.165) is 15.6 Å². The maximum Gasteiger partial charge on any atom is 0.396 e. The highest BCUT2D eigenvalue weighted by atomic mass is 79.9. The average molecular weight is 328 g/mol. The summed E-state index contributed by atoms with van der Waals surface area (Å²) < 4.78 is 5.35. The van der Waals surface area contributed by atoms with Crippen molar-refractivity contribution < 1.29 is 14.3 Å². The van der Waals surface area contributed by atoms with Gasteiger partial charge in [0, 0.05) is 16.4 Å². The topological polar surface area (TPSA) is 55.4 Å². The molecule has 0 atom stereocenters. The van der Waals surface area contributed by atoms with E-state index in [1.165, 1.54) is 7.11 Å². The molecule has 1 aromatic rings. The van der Waals surface area contributed by atoms with Crippen molar-refractivity contribution in [3.05, 3.63) is 33.8 Å². The van der Waals surface area contributed by atoms with Gasteiger partial charge in [0.15, 0.2) is 0 Å². The first-order valence-corrected chi connectivity index (χ1v) is 6.70. The van der Waals surface area contributed by atoms with Gasteiger partial charge in [-0.05, 0) is 30.2 Å². The molecule has 1 N–H and O–H groups in total. The van der Waals surface area contributed by atoms with Gasteiger partial charge in [-0.3, -0.25) is 4.79 Å². The molecule has 1 rings (SSSR count). The summed E-state index contributed by atoms with van der Waals surface area (Å²) in [4.78, 5) is 22.5. The Balaban J connectivity index is 2.83. The molecule has 0 bridgehead atoms. The summed E-state index contributed by atoms with van der Waals surface area (Å²) in [7, 11) is 1.19. The lowest BCUT2D eigenvalue weighted by atomic mass is 9.82. The molecule has 104 valence electrons. The van der Waals surface area contributed by atoms with E-state index in [4.69, 9.17) is 0 Å². The lowest BCUT2D eigenvalue weighted by molar-refractivity contribution is -0.152. The van der Waals surface area contributed by atoms with Gasteiger partial charge in [0.2, 0.25) is 0 Å². The Hall–Kier alpha value is -1.36. The van der Waals surface area contributed by atoms with Crippen LogP contribution in [-0.2, 0) is 19.7 Å². The van der Waals surface area contributed by atoms with E-state index in [2.05, 4.69) is 26.0 Å². The Labute approximate surface area is 121 Å². The van der Waals surface area contributed by atoms with Crippen molar-refractivity contribution in [2.24, 2.45) is 0 Å². The molecule has 0 aliphatic rings. The SMILES string of the molecule is COC(=O)C(=O)NCC(C)(C)c1cc(Br)ccc1C. The van der Waals surface area contributed by atoms with Crippen LogP contribution in [0.25, 0.3) is 0 Å². The number of hydrogen-bond donors (Lipinski definition) is 1. The predicted octanol–water partition coefficient (Wildman–Crippen LogP) is 2.32. The maximum absolute atomic E-state index is 11.4. The van der Waals surface area contributed by atoms with Crippen molar-refractivity contribution in [2.45, 2.75) is 26.2 Å². The van der Waals surface area contributed by atoms with E-state index >= 15 is 0 Å². The van der Waals surface area contributed by atoms with Crippen LogP contribution in [-0.4, -0.2) is 25.5 Å². The van der Waals surface area contributed by atoms with Crippen molar-refractivity contribution >= 4 is 27.8 Å². The van der Waals surface area contributed by atoms with Gasteiger partial charge < -0.3 is 10.1 Å². The number of benzene rings is 1. The van der Waals surface area contributed by atoms with Crippen molar-refractivity contribution in [3.63, 3.8) is 0 Å². The number of ether oxygens (including phenoxy) is 1. The van der Waals surface area contributed by atoms with Gasteiger partial charge in [-0.25, -0.2) is 4.79 Å². The van der Waals surface area contributed by atoms with E-state index < -0.39 is 11.9 Å². The van der Waals surface area contributed by atoms with E-state index in [0.29, 0.717) is 6.54 Å². The van der Waals surface area contributed by atoms with Crippen molar-refractivity contribution in [2.75, 3.05) is 13.7 Å². The summed E-state index contributed by atoms with van der Waals surface area (Å²) in [6, 6.07) is 6.02. The van der Waals surface area contributed by atoms with Gasteiger partial charge in [0.05, 0.1) is 7.11 Å². The summed E-state index contributed by atoms with van der Waals surface area (Å²) in [5, 5.41) is 2.59. The molecule has 0 saturated heterocycles.